The van der Waals surface area contributed by atoms with Gasteiger partial charge in [-0.15, -0.1) is 10.2 Å². The van der Waals surface area contributed by atoms with Gasteiger partial charge in [0.2, 0.25) is 0 Å². The van der Waals surface area contributed by atoms with E-state index in [1.165, 1.54) is 0 Å². The van der Waals surface area contributed by atoms with Gasteiger partial charge in [0, 0.05) is 41.9 Å². The minimum Gasteiger partial charge on any atom is -0.353 e. The van der Waals surface area contributed by atoms with Crippen LogP contribution in [0.3, 0.4) is 0 Å². The Bertz CT molecular complexity index is 1100. The number of hydrogen-bond acceptors (Lipinski definition) is 6. The molecule has 1 aliphatic rings. The first-order chi connectivity index (χ1) is 14.4. The smallest absolute Gasteiger partial charge is 0.261 e. The molecule has 2 aromatic carbocycles. The van der Waals surface area contributed by atoms with E-state index < -0.39 is 10.0 Å². The Morgan fingerprint density at radius 1 is 0.867 bits per heavy atom. The van der Waals surface area contributed by atoms with E-state index in [0.29, 0.717) is 5.69 Å². The van der Waals surface area contributed by atoms with Crippen molar-refractivity contribution in [2.45, 2.75) is 4.90 Å². The number of rotatable bonds is 5. The number of likely N-dealkylation sites (N-methyl/N-ethyl adjacent to an activating group) is 1. The summed E-state index contributed by atoms with van der Waals surface area (Å²) in [6, 6.07) is 17.5. The maximum atomic E-state index is 12.5. The fourth-order valence-electron chi connectivity index (χ4n) is 3.22. The van der Waals surface area contributed by atoms with E-state index in [9.17, 15) is 8.42 Å². The zero-order chi connectivity index (χ0) is 21.1. The average molecular weight is 488 g/mol. The van der Waals surface area contributed by atoms with Crippen molar-refractivity contribution in [2.24, 2.45) is 0 Å². The van der Waals surface area contributed by atoms with Crippen molar-refractivity contribution in [3.63, 3.8) is 0 Å². The van der Waals surface area contributed by atoms with Crippen LogP contribution in [0.5, 0.6) is 0 Å². The van der Waals surface area contributed by atoms with Crippen molar-refractivity contribution in [2.75, 3.05) is 42.8 Å². The topological polar surface area (TPSA) is 78.4 Å². The van der Waals surface area contributed by atoms with Gasteiger partial charge < -0.3 is 9.80 Å². The summed E-state index contributed by atoms with van der Waals surface area (Å²) in [7, 11) is -1.52. The summed E-state index contributed by atoms with van der Waals surface area (Å²) >= 11 is 3.31. The van der Waals surface area contributed by atoms with E-state index in [-0.39, 0.29) is 4.90 Å². The van der Waals surface area contributed by atoms with E-state index in [4.69, 9.17) is 0 Å². The van der Waals surface area contributed by atoms with Gasteiger partial charge >= 0.3 is 0 Å². The zero-order valence-electron chi connectivity index (χ0n) is 16.5. The minimum absolute atomic E-state index is 0.208. The first kappa shape index (κ1) is 20.8. The highest BCUT2D eigenvalue weighted by Crippen LogP contribution is 2.23. The van der Waals surface area contributed by atoms with Crippen molar-refractivity contribution < 1.29 is 8.42 Å². The number of halogens is 1. The fourth-order valence-corrected chi connectivity index (χ4v) is 4.54. The summed E-state index contributed by atoms with van der Waals surface area (Å²) in [6.07, 6.45) is 0. The van der Waals surface area contributed by atoms with Crippen LogP contribution in [-0.2, 0) is 10.0 Å². The molecule has 4 rings (SSSR count). The molecule has 30 heavy (non-hydrogen) atoms. The van der Waals surface area contributed by atoms with Crippen LogP contribution in [0.15, 0.2) is 70.0 Å². The van der Waals surface area contributed by atoms with Crippen molar-refractivity contribution in [3.8, 4) is 11.3 Å². The van der Waals surface area contributed by atoms with Crippen LogP contribution < -0.4 is 9.62 Å². The van der Waals surface area contributed by atoms with Crippen LogP contribution in [0.2, 0.25) is 0 Å². The highest BCUT2D eigenvalue weighted by Gasteiger charge is 2.16. The Morgan fingerprint density at radius 2 is 1.53 bits per heavy atom. The van der Waals surface area contributed by atoms with Crippen LogP contribution in [0.4, 0.5) is 11.5 Å². The fraction of sp³-hybridized carbons (Fsp3) is 0.238. The van der Waals surface area contributed by atoms with Gasteiger partial charge in [0.1, 0.15) is 0 Å². The van der Waals surface area contributed by atoms with Crippen LogP contribution >= 0.6 is 15.9 Å². The molecular formula is C21H22BrN5O2S. The van der Waals surface area contributed by atoms with Gasteiger partial charge in [-0.2, -0.15) is 0 Å². The third-order valence-electron chi connectivity index (χ3n) is 5.03. The molecule has 0 amide bonds. The predicted molar refractivity (Wildman–Crippen MR) is 122 cm³/mol. The molecule has 0 bridgehead atoms. The molecule has 0 aliphatic carbocycles. The third kappa shape index (κ3) is 4.80. The SMILES string of the molecule is CN1CCN(c2ccc(-c3ccc(NS(=O)(=O)c4ccc(Br)cc4)cc3)nn2)CC1. The lowest BCUT2D eigenvalue weighted by Crippen LogP contribution is -2.44. The molecule has 0 atom stereocenters. The summed E-state index contributed by atoms with van der Waals surface area (Å²) in [4.78, 5) is 4.74. The molecule has 1 saturated heterocycles. The van der Waals surface area contributed by atoms with Gasteiger partial charge in [-0.1, -0.05) is 28.1 Å². The molecule has 7 nitrogen and oxygen atoms in total. The number of hydrogen-bond donors (Lipinski definition) is 1. The van der Waals surface area contributed by atoms with Crippen LogP contribution in [0.25, 0.3) is 11.3 Å². The monoisotopic (exact) mass is 487 g/mol. The lowest BCUT2D eigenvalue weighted by molar-refractivity contribution is 0.312. The number of piperazine rings is 1. The van der Waals surface area contributed by atoms with Crippen molar-refractivity contribution in [1.82, 2.24) is 15.1 Å². The predicted octanol–water partition coefficient (Wildman–Crippen LogP) is 3.46. The number of nitrogens with zero attached hydrogens (tertiary/aromatic N) is 4. The molecular weight excluding hydrogens is 466 g/mol. The molecule has 156 valence electrons. The normalized spacial score (nSPS) is 15.2. The van der Waals surface area contributed by atoms with E-state index in [2.05, 4.69) is 47.7 Å². The summed E-state index contributed by atoms with van der Waals surface area (Å²) in [5, 5.41) is 8.73. The summed E-state index contributed by atoms with van der Waals surface area (Å²) < 4.78 is 28.5. The second kappa shape index (κ2) is 8.71. The maximum Gasteiger partial charge on any atom is 0.261 e. The number of aromatic nitrogens is 2. The van der Waals surface area contributed by atoms with E-state index in [0.717, 1.165) is 47.7 Å². The Morgan fingerprint density at radius 3 is 2.13 bits per heavy atom. The molecule has 2 heterocycles. The zero-order valence-corrected chi connectivity index (χ0v) is 18.9. The highest BCUT2D eigenvalue weighted by molar-refractivity contribution is 9.10. The second-order valence-corrected chi connectivity index (χ2v) is 9.80. The van der Waals surface area contributed by atoms with Crippen LogP contribution in [0, 0.1) is 0 Å². The lowest BCUT2D eigenvalue weighted by Gasteiger charge is -2.32. The Labute approximate surface area is 184 Å². The van der Waals surface area contributed by atoms with Crippen molar-refractivity contribution in [1.29, 1.82) is 0 Å². The number of anilines is 2. The molecule has 0 saturated carbocycles. The van der Waals surface area contributed by atoms with Gasteiger partial charge in [-0.3, -0.25) is 4.72 Å². The standard InChI is InChI=1S/C21H22BrN5O2S/c1-26-12-14-27(15-13-26)21-11-10-20(23-24-21)16-2-6-18(7-3-16)25-30(28,29)19-8-4-17(22)5-9-19/h2-11,25H,12-15H2,1H3. The second-order valence-electron chi connectivity index (χ2n) is 7.20. The number of sulfonamides is 1. The summed E-state index contributed by atoms with van der Waals surface area (Å²) in [5.41, 5.74) is 2.11. The van der Waals surface area contributed by atoms with E-state index >= 15 is 0 Å². The molecule has 1 aliphatic heterocycles. The third-order valence-corrected chi connectivity index (χ3v) is 6.96. The largest absolute Gasteiger partial charge is 0.353 e. The Kier molecular flexibility index (Phi) is 6.03. The van der Waals surface area contributed by atoms with Crippen molar-refractivity contribution >= 4 is 37.5 Å². The first-order valence-corrected chi connectivity index (χ1v) is 11.8. The first-order valence-electron chi connectivity index (χ1n) is 9.57. The molecule has 0 spiro atoms. The molecule has 0 unspecified atom stereocenters. The lowest BCUT2D eigenvalue weighted by atomic mass is 10.1. The van der Waals surface area contributed by atoms with Crippen molar-refractivity contribution in [3.05, 3.63) is 65.1 Å². The minimum atomic E-state index is -3.64. The van der Waals surface area contributed by atoms with Gasteiger partial charge in [0.15, 0.2) is 5.82 Å². The maximum absolute atomic E-state index is 12.5. The number of benzene rings is 2. The van der Waals surface area contributed by atoms with Gasteiger partial charge in [0.05, 0.1) is 10.6 Å². The van der Waals surface area contributed by atoms with Crippen LogP contribution in [-0.4, -0.2) is 56.7 Å². The Hall–Kier alpha value is -2.49. The van der Waals surface area contributed by atoms with Gasteiger partial charge in [-0.05, 0) is 55.6 Å². The van der Waals surface area contributed by atoms with Gasteiger partial charge in [0.25, 0.3) is 10.0 Å². The Balaban J connectivity index is 1.45. The molecule has 0 radical (unpaired) electrons. The van der Waals surface area contributed by atoms with E-state index in [1.807, 2.05) is 24.3 Å². The van der Waals surface area contributed by atoms with E-state index in [1.54, 1.807) is 36.4 Å². The summed E-state index contributed by atoms with van der Waals surface area (Å²) in [6.45, 7) is 3.91. The quantitative estimate of drug-likeness (QED) is 0.593. The number of nitrogens with one attached hydrogen (secondary N) is 1. The molecule has 1 fully saturated rings. The highest BCUT2D eigenvalue weighted by atomic mass is 79.9. The average Bonchev–Trinajstić information content (AvgIpc) is 2.75. The molecule has 9 heteroatoms. The van der Waals surface area contributed by atoms with Gasteiger partial charge in [-0.25, -0.2) is 8.42 Å². The van der Waals surface area contributed by atoms with Crippen LogP contribution in [0.1, 0.15) is 0 Å². The summed E-state index contributed by atoms with van der Waals surface area (Å²) in [5.74, 6) is 0.880. The molecule has 1 aromatic heterocycles. The molecule has 3 aromatic rings. The molecule has 1 N–H and O–H groups in total.